The summed E-state index contributed by atoms with van der Waals surface area (Å²) >= 11 is 0. The fourth-order valence-corrected chi connectivity index (χ4v) is 3.31. The minimum atomic E-state index is -0.944. The summed E-state index contributed by atoms with van der Waals surface area (Å²) in [4.78, 5) is 12.4. The van der Waals surface area contributed by atoms with Gasteiger partial charge in [-0.1, -0.05) is 0 Å². The van der Waals surface area contributed by atoms with Gasteiger partial charge in [0.15, 0.2) is 0 Å². The minimum absolute atomic E-state index is 0.00125. The van der Waals surface area contributed by atoms with Crippen LogP contribution in [0, 0.1) is 20.8 Å². The fraction of sp³-hybridized carbons (Fsp3) is 0.632. The van der Waals surface area contributed by atoms with Crippen LogP contribution in [-0.2, 0) is 20.7 Å². The van der Waals surface area contributed by atoms with Gasteiger partial charge in [0.2, 0.25) is 0 Å². The highest BCUT2D eigenvalue weighted by Gasteiger charge is 2.31. The van der Waals surface area contributed by atoms with Gasteiger partial charge in [-0.2, -0.15) is 0 Å². The topological polar surface area (TPSA) is 54.0 Å². The van der Waals surface area contributed by atoms with Gasteiger partial charge in [0, 0.05) is 5.56 Å². The predicted octanol–water partition coefficient (Wildman–Crippen LogP) is 3.38. The van der Waals surface area contributed by atoms with Crippen LogP contribution in [0.5, 0.6) is 11.5 Å². The van der Waals surface area contributed by atoms with Gasteiger partial charge in [-0.25, -0.2) is 4.79 Å². The Bertz CT molecular complexity index is 652. The lowest BCUT2D eigenvalue weighted by Gasteiger charge is -2.30. The number of benzene rings is 1. The fourth-order valence-electron chi connectivity index (χ4n) is 3.31. The summed E-state index contributed by atoms with van der Waals surface area (Å²) in [5, 5.41) is 0. The Balaban J connectivity index is 1.88. The number of hydrogen-bond donors (Lipinski definition) is 0. The first-order valence-corrected chi connectivity index (χ1v) is 8.66. The van der Waals surface area contributed by atoms with Crippen LogP contribution in [0.2, 0.25) is 0 Å². The Morgan fingerprint density at radius 3 is 2.50 bits per heavy atom. The molecule has 0 spiro atoms. The van der Waals surface area contributed by atoms with Crippen molar-refractivity contribution in [1.82, 2.24) is 0 Å². The molecular formula is C19H26O5. The molecule has 5 heteroatoms. The number of fused-ring (bicyclic) bond motifs is 1. The molecule has 3 atom stereocenters. The summed E-state index contributed by atoms with van der Waals surface area (Å²) in [5.41, 5.74) is 4.07. The van der Waals surface area contributed by atoms with E-state index in [-0.39, 0.29) is 12.2 Å². The van der Waals surface area contributed by atoms with Crippen molar-refractivity contribution in [2.45, 2.75) is 72.4 Å². The maximum Gasteiger partial charge on any atom is 0.368 e. The molecule has 0 amide bonds. The van der Waals surface area contributed by atoms with Crippen LogP contribution in [0.25, 0.3) is 0 Å². The van der Waals surface area contributed by atoms with Gasteiger partial charge in [-0.15, -0.1) is 0 Å². The zero-order valence-corrected chi connectivity index (χ0v) is 15.1. The lowest BCUT2D eigenvalue weighted by molar-refractivity contribution is -0.219. The van der Waals surface area contributed by atoms with Crippen molar-refractivity contribution >= 4 is 5.97 Å². The maximum absolute atomic E-state index is 12.4. The second kappa shape index (κ2) is 6.73. The molecular weight excluding hydrogens is 308 g/mol. The Labute approximate surface area is 143 Å². The summed E-state index contributed by atoms with van der Waals surface area (Å²) in [6.45, 7) is 10.5. The lowest BCUT2D eigenvalue weighted by Crippen LogP contribution is -2.39. The summed E-state index contributed by atoms with van der Waals surface area (Å²) < 4.78 is 22.7. The predicted molar refractivity (Wildman–Crippen MR) is 89.6 cm³/mol. The molecule has 2 aliphatic rings. The van der Waals surface area contributed by atoms with Crippen molar-refractivity contribution in [2.24, 2.45) is 0 Å². The molecule has 24 heavy (non-hydrogen) atoms. The Kier molecular flexibility index (Phi) is 4.83. The average molecular weight is 334 g/mol. The van der Waals surface area contributed by atoms with E-state index < -0.39 is 12.3 Å². The van der Waals surface area contributed by atoms with Gasteiger partial charge in [0.1, 0.15) is 11.5 Å². The van der Waals surface area contributed by atoms with Crippen LogP contribution in [0.15, 0.2) is 0 Å². The Morgan fingerprint density at radius 2 is 1.79 bits per heavy atom. The summed E-state index contributed by atoms with van der Waals surface area (Å²) in [6, 6.07) is 0. The van der Waals surface area contributed by atoms with Gasteiger partial charge in [-0.05, 0) is 70.6 Å². The quantitative estimate of drug-likeness (QED) is 0.613. The minimum Gasteiger partial charge on any atom is -0.490 e. The standard InChI is InChI=1S/C19H26O5/c1-10-6-7-15-14(5)16(12(3)13(4)17(15)22-10)24-18(20)19-21-9-8-11(2)23-19/h10-11,19H,6-9H2,1-5H3/t10-,11+,19?/m0/s1. The lowest BCUT2D eigenvalue weighted by atomic mass is 9.92. The molecule has 0 aromatic heterocycles. The molecule has 132 valence electrons. The normalized spacial score (nSPS) is 26.5. The van der Waals surface area contributed by atoms with E-state index in [2.05, 4.69) is 6.92 Å². The number of ether oxygens (including phenoxy) is 4. The Hall–Kier alpha value is -1.59. The molecule has 1 unspecified atom stereocenters. The Morgan fingerprint density at radius 1 is 1.04 bits per heavy atom. The molecule has 0 aliphatic carbocycles. The van der Waals surface area contributed by atoms with E-state index in [4.69, 9.17) is 18.9 Å². The SMILES string of the molecule is Cc1c(C)c2c(c(C)c1OC(=O)C1OCC[C@@H](C)O1)CC[C@H](C)O2. The van der Waals surface area contributed by atoms with Gasteiger partial charge < -0.3 is 18.9 Å². The third-order valence-corrected chi connectivity index (χ3v) is 4.98. The molecule has 1 saturated heterocycles. The molecule has 3 rings (SSSR count). The molecule has 0 radical (unpaired) electrons. The van der Waals surface area contributed by atoms with Crippen LogP contribution in [0.1, 0.15) is 48.9 Å². The summed E-state index contributed by atoms with van der Waals surface area (Å²) in [7, 11) is 0. The van der Waals surface area contributed by atoms with E-state index >= 15 is 0 Å². The van der Waals surface area contributed by atoms with Gasteiger partial charge in [-0.3, -0.25) is 0 Å². The smallest absolute Gasteiger partial charge is 0.368 e. The third-order valence-electron chi connectivity index (χ3n) is 4.98. The van der Waals surface area contributed by atoms with E-state index in [0.29, 0.717) is 12.4 Å². The molecule has 2 heterocycles. The van der Waals surface area contributed by atoms with E-state index in [1.54, 1.807) is 0 Å². The zero-order chi connectivity index (χ0) is 17.4. The molecule has 1 aromatic rings. The van der Waals surface area contributed by atoms with Crippen LogP contribution in [-0.4, -0.2) is 31.1 Å². The molecule has 5 nitrogen and oxygen atoms in total. The molecule has 1 aromatic carbocycles. The van der Waals surface area contributed by atoms with Crippen LogP contribution < -0.4 is 9.47 Å². The average Bonchev–Trinajstić information content (AvgIpc) is 2.56. The van der Waals surface area contributed by atoms with Crippen LogP contribution in [0.4, 0.5) is 0 Å². The molecule has 0 saturated carbocycles. The number of carbonyl (C=O) groups excluding carboxylic acids is 1. The highest BCUT2D eigenvalue weighted by molar-refractivity contribution is 5.77. The molecule has 1 fully saturated rings. The van der Waals surface area contributed by atoms with Crippen LogP contribution in [0.3, 0.4) is 0 Å². The van der Waals surface area contributed by atoms with Gasteiger partial charge in [0.25, 0.3) is 6.29 Å². The molecule has 0 N–H and O–H groups in total. The first kappa shape index (κ1) is 17.2. The van der Waals surface area contributed by atoms with Crippen molar-refractivity contribution in [3.8, 4) is 11.5 Å². The van der Waals surface area contributed by atoms with Crippen LogP contribution >= 0.6 is 0 Å². The van der Waals surface area contributed by atoms with Gasteiger partial charge >= 0.3 is 5.97 Å². The number of esters is 1. The number of carbonyl (C=O) groups is 1. The first-order chi connectivity index (χ1) is 11.4. The zero-order valence-electron chi connectivity index (χ0n) is 15.1. The monoisotopic (exact) mass is 334 g/mol. The largest absolute Gasteiger partial charge is 0.490 e. The van der Waals surface area contributed by atoms with E-state index in [9.17, 15) is 4.79 Å². The third kappa shape index (κ3) is 3.15. The first-order valence-electron chi connectivity index (χ1n) is 8.66. The second-order valence-electron chi connectivity index (χ2n) is 6.84. The highest BCUT2D eigenvalue weighted by atomic mass is 16.7. The van der Waals surface area contributed by atoms with Crippen molar-refractivity contribution < 1.29 is 23.7 Å². The highest BCUT2D eigenvalue weighted by Crippen LogP contribution is 2.41. The second-order valence-corrected chi connectivity index (χ2v) is 6.84. The van der Waals surface area contributed by atoms with E-state index in [0.717, 1.165) is 47.3 Å². The van der Waals surface area contributed by atoms with E-state index in [1.807, 2.05) is 27.7 Å². The summed E-state index contributed by atoms with van der Waals surface area (Å²) in [6.07, 6.45) is 1.96. The van der Waals surface area contributed by atoms with Crippen molar-refractivity contribution in [3.05, 3.63) is 22.3 Å². The van der Waals surface area contributed by atoms with Gasteiger partial charge in [0.05, 0.1) is 18.8 Å². The van der Waals surface area contributed by atoms with Crippen molar-refractivity contribution in [3.63, 3.8) is 0 Å². The number of hydrogen-bond acceptors (Lipinski definition) is 5. The van der Waals surface area contributed by atoms with E-state index in [1.165, 1.54) is 0 Å². The van der Waals surface area contributed by atoms with Crippen molar-refractivity contribution in [1.29, 1.82) is 0 Å². The molecule has 2 aliphatic heterocycles. The maximum atomic E-state index is 12.4. The molecule has 0 bridgehead atoms. The number of rotatable bonds is 2. The van der Waals surface area contributed by atoms with Crippen molar-refractivity contribution in [2.75, 3.05) is 6.61 Å². The summed E-state index contributed by atoms with van der Waals surface area (Å²) in [5.74, 6) is 1.07.